The van der Waals surface area contributed by atoms with Gasteiger partial charge in [0.25, 0.3) is 0 Å². The molecule has 30 heavy (non-hydrogen) atoms. The molecule has 1 aliphatic heterocycles. The van der Waals surface area contributed by atoms with Crippen LogP contribution in [0.5, 0.6) is 0 Å². The smallest absolute Gasteiger partial charge is 0.358 e. The van der Waals surface area contributed by atoms with Gasteiger partial charge in [0.2, 0.25) is 11.9 Å². The number of guanidine groups is 1. The maximum Gasteiger partial charge on any atom is 0.433 e. The van der Waals surface area contributed by atoms with E-state index in [0.29, 0.717) is 25.6 Å². The SMILES string of the molecule is CN=C(NCCNc1nccc(C(F)(F)F)n1)NC1CCN(CC(=O)NC)CC1.I. The molecular formula is C17H28F3IN8O. The van der Waals surface area contributed by atoms with Crippen molar-refractivity contribution in [3.63, 3.8) is 0 Å². The van der Waals surface area contributed by atoms with E-state index in [9.17, 15) is 18.0 Å². The summed E-state index contributed by atoms with van der Waals surface area (Å²) >= 11 is 0. The van der Waals surface area contributed by atoms with Crippen LogP contribution < -0.4 is 21.3 Å². The Morgan fingerprint density at radius 1 is 1.30 bits per heavy atom. The molecule has 4 N–H and O–H groups in total. The van der Waals surface area contributed by atoms with E-state index in [-0.39, 0.29) is 41.9 Å². The monoisotopic (exact) mass is 544 g/mol. The van der Waals surface area contributed by atoms with Crippen LogP contribution in [0.4, 0.5) is 19.1 Å². The standard InChI is InChI=1S/C17H27F3N8O.HI/c1-21-14(29)11-28-9-4-12(5-10-28)26-15(22-2)24-7-8-25-16-23-6-3-13(27-16)17(18,19)20;/h3,6,12H,4-5,7-11H2,1-2H3,(H,21,29)(H2,22,24,26)(H,23,25,27);1H. The largest absolute Gasteiger partial charge is 0.433 e. The van der Waals surface area contributed by atoms with Crippen LogP contribution in [0.15, 0.2) is 17.3 Å². The minimum atomic E-state index is -4.50. The van der Waals surface area contributed by atoms with E-state index >= 15 is 0 Å². The Kier molecular flexibility index (Phi) is 11.1. The maximum absolute atomic E-state index is 12.7. The minimum Gasteiger partial charge on any atom is -0.358 e. The molecule has 1 aliphatic rings. The lowest BCUT2D eigenvalue weighted by Crippen LogP contribution is -2.50. The van der Waals surface area contributed by atoms with Gasteiger partial charge in [-0.3, -0.25) is 14.7 Å². The van der Waals surface area contributed by atoms with Crippen molar-refractivity contribution in [2.75, 3.05) is 52.1 Å². The number of hydrogen-bond donors (Lipinski definition) is 4. The van der Waals surface area contributed by atoms with Crippen LogP contribution in [0.25, 0.3) is 0 Å². The first-order valence-electron chi connectivity index (χ1n) is 9.36. The number of piperidine rings is 1. The average molecular weight is 544 g/mol. The number of likely N-dealkylation sites (N-methyl/N-ethyl adjacent to an activating group) is 1. The van der Waals surface area contributed by atoms with Crippen LogP contribution >= 0.6 is 24.0 Å². The summed E-state index contributed by atoms with van der Waals surface area (Å²) < 4.78 is 38.0. The first kappa shape index (κ1) is 26.1. The fourth-order valence-electron chi connectivity index (χ4n) is 2.86. The Balaban J connectivity index is 0.00000450. The van der Waals surface area contributed by atoms with Crippen LogP contribution in [0.1, 0.15) is 18.5 Å². The predicted molar refractivity (Wildman–Crippen MR) is 119 cm³/mol. The Labute approximate surface area is 190 Å². The number of aromatic nitrogens is 2. The first-order valence-corrected chi connectivity index (χ1v) is 9.36. The number of anilines is 1. The highest BCUT2D eigenvalue weighted by atomic mass is 127. The number of carbonyl (C=O) groups excluding carboxylic acids is 1. The van der Waals surface area contributed by atoms with Gasteiger partial charge in [-0.1, -0.05) is 0 Å². The molecule has 0 saturated carbocycles. The van der Waals surface area contributed by atoms with Gasteiger partial charge in [0.1, 0.15) is 5.69 Å². The highest BCUT2D eigenvalue weighted by molar-refractivity contribution is 14.0. The normalized spacial score (nSPS) is 15.8. The average Bonchev–Trinajstić information content (AvgIpc) is 2.71. The van der Waals surface area contributed by atoms with E-state index in [0.717, 1.165) is 38.2 Å². The predicted octanol–water partition coefficient (Wildman–Crippen LogP) is 0.901. The zero-order valence-corrected chi connectivity index (χ0v) is 19.3. The maximum atomic E-state index is 12.7. The first-order chi connectivity index (χ1) is 13.8. The molecule has 1 aromatic rings. The summed E-state index contributed by atoms with van der Waals surface area (Å²) in [5.74, 6) is 0.542. The summed E-state index contributed by atoms with van der Waals surface area (Å²) in [4.78, 5) is 24.9. The van der Waals surface area contributed by atoms with Gasteiger partial charge in [-0.05, 0) is 18.9 Å². The second-order valence-corrected chi connectivity index (χ2v) is 6.56. The molecule has 0 atom stereocenters. The fourth-order valence-corrected chi connectivity index (χ4v) is 2.86. The number of halogens is 4. The molecule has 9 nitrogen and oxygen atoms in total. The van der Waals surface area contributed by atoms with Gasteiger partial charge >= 0.3 is 6.18 Å². The van der Waals surface area contributed by atoms with Gasteiger partial charge < -0.3 is 21.3 Å². The van der Waals surface area contributed by atoms with E-state index < -0.39 is 11.9 Å². The number of likely N-dealkylation sites (tertiary alicyclic amines) is 1. The van der Waals surface area contributed by atoms with Crippen molar-refractivity contribution in [1.29, 1.82) is 0 Å². The molecule has 0 bridgehead atoms. The zero-order chi connectivity index (χ0) is 21.3. The Morgan fingerprint density at radius 2 is 2.00 bits per heavy atom. The van der Waals surface area contributed by atoms with Crippen LogP contribution in [-0.4, -0.2) is 79.6 Å². The summed E-state index contributed by atoms with van der Waals surface area (Å²) in [5.41, 5.74) is -0.983. The van der Waals surface area contributed by atoms with Gasteiger partial charge in [0.15, 0.2) is 5.96 Å². The lowest BCUT2D eigenvalue weighted by atomic mass is 10.1. The zero-order valence-electron chi connectivity index (χ0n) is 16.9. The molecule has 2 rings (SSSR count). The number of rotatable bonds is 7. The van der Waals surface area contributed by atoms with E-state index in [1.165, 1.54) is 0 Å². The molecule has 1 amide bonds. The number of nitrogens with zero attached hydrogens (tertiary/aromatic N) is 4. The van der Waals surface area contributed by atoms with E-state index in [4.69, 9.17) is 0 Å². The Morgan fingerprint density at radius 3 is 2.60 bits per heavy atom. The van der Waals surface area contributed by atoms with E-state index in [1.54, 1.807) is 14.1 Å². The third kappa shape index (κ3) is 8.85. The number of carbonyl (C=O) groups is 1. The van der Waals surface area contributed by atoms with Gasteiger partial charge in [-0.2, -0.15) is 13.2 Å². The Bertz CT molecular complexity index is 696. The van der Waals surface area contributed by atoms with Crippen LogP contribution in [0, 0.1) is 0 Å². The van der Waals surface area contributed by atoms with Crippen molar-refractivity contribution in [2.45, 2.75) is 25.1 Å². The molecule has 0 unspecified atom stereocenters. The Hall–Kier alpha value is -1.90. The molecule has 1 fully saturated rings. The van der Waals surface area contributed by atoms with Crippen molar-refractivity contribution in [2.24, 2.45) is 4.99 Å². The van der Waals surface area contributed by atoms with Gasteiger partial charge in [-0.25, -0.2) is 9.97 Å². The third-order valence-corrected chi connectivity index (χ3v) is 4.44. The highest BCUT2D eigenvalue weighted by Crippen LogP contribution is 2.27. The van der Waals surface area contributed by atoms with Crippen LogP contribution in [0.2, 0.25) is 0 Å². The number of aliphatic imine (C=N–C) groups is 1. The molecule has 0 spiro atoms. The summed E-state index contributed by atoms with van der Waals surface area (Å²) in [7, 11) is 3.28. The molecule has 0 radical (unpaired) electrons. The fraction of sp³-hybridized carbons (Fsp3) is 0.647. The van der Waals surface area contributed by atoms with E-state index in [1.807, 2.05) is 0 Å². The third-order valence-electron chi connectivity index (χ3n) is 4.44. The second kappa shape index (κ2) is 12.7. The van der Waals surface area contributed by atoms with Crippen molar-refractivity contribution < 1.29 is 18.0 Å². The number of hydrogen-bond acceptors (Lipinski definition) is 6. The number of amides is 1. The van der Waals surface area contributed by atoms with Gasteiger partial charge in [-0.15, -0.1) is 24.0 Å². The highest BCUT2D eigenvalue weighted by Gasteiger charge is 2.32. The molecule has 0 aliphatic carbocycles. The van der Waals surface area contributed by atoms with Crippen LogP contribution in [0.3, 0.4) is 0 Å². The van der Waals surface area contributed by atoms with E-state index in [2.05, 4.69) is 41.1 Å². The molecule has 1 aromatic heterocycles. The number of alkyl halides is 3. The number of nitrogens with one attached hydrogen (secondary N) is 4. The summed E-state index contributed by atoms with van der Waals surface area (Å²) in [6.45, 7) is 2.79. The quantitative estimate of drug-likeness (QED) is 0.175. The summed E-state index contributed by atoms with van der Waals surface area (Å²) in [6.07, 6.45) is -1.66. The van der Waals surface area contributed by atoms with Crippen LogP contribution in [-0.2, 0) is 11.0 Å². The minimum absolute atomic E-state index is 0. The topological polar surface area (TPSA) is 107 Å². The molecule has 1 saturated heterocycles. The molecule has 170 valence electrons. The molecule has 13 heteroatoms. The van der Waals surface area contributed by atoms with Crippen molar-refractivity contribution in [3.05, 3.63) is 18.0 Å². The second-order valence-electron chi connectivity index (χ2n) is 6.56. The van der Waals surface area contributed by atoms with Crippen molar-refractivity contribution in [3.8, 4) is 0 Å². The van der Waals surface area contributed by atoms with Gasteiger partial charge in [0.05, 0.1) is 6.54 Å². The molecule has 2 heterocycles. The summed E-state index contributed by atoms with van der Waals surface area (Å²) in [5, 5.41) is 11.8. The lowest BCUT2D eigenvalue weighted by molar-refractivity contribution is -0.141. The van der Waals surface area contributed by atoms with Crippen molar-refractivity contribution in [1.82, 2.24) is 30.8 Å². The van der Waals surface area contributed by atoms with Gasteiger partial charge in [0, 0.05) is 52.5 Å². The van der Waals surface area contributed by atoms with Crippen molar-refractivity contribution >= 4 is 41.8 Å². The molecule has 0 aromatic carbocycles. The molecular weight excluding hydrogens is 516 g/mol. The summed E-state index contributed by atoms with van der Waals surface area (Å²) in [6, 6.07) is 1.07. The lowest BCUT2D eigenvalue weighted by Gasteiger charge is -2.32.